The first-order valence-electron chi connectivity index (χ1n) is 2.61. The maximum Gasteiger partial charge on any atom is 0.287 e. The predicted molar refractivity (Wildman–Crippen MR) is 53.6 cm³/mol. The zero-order chi connectivity index (χ0) is 9.99. The first kappa shape index (κ1) is 13.2. The molecule has 1 unspecified atom stereocenters. The summed E-state index contributed by atoms with van der Waals surface area (Å²) in [5.41, 5.74) is 0. The molecular formula is C4H3Cl5NOP. The molecule has 8 heteroatoms. The Kier molecular flexibility index (Phi) is 5.05. The summed E-state index contributed by atoms with van der Waals surface area (Å²) < 4.78 is 9.12. The third kappa shape index (κ3) is 3.92. The topological polar surface area (TPSA) is 40.9 Å². The fraction of sp³-hybridized carbons (Fsp3) is 0.750. The second kappa shape index (κ2) is 4.60. The lowest BCUT2D eigenvalue weighted by molar-refractivity contribution is 0.586. The molecule has 0 amide bonds. The summed E-state index contributed by atoms with van der Waals surface area (Å²) in [5.74, 6) is -3.70. The molecule has 0 aromatic rings. The summed E-state index contributed by atoms with van der Waals surface area (Å²) in [5, 5.41) is 7.32. The molecule has 0 heterocycles. The second-order valence-corrected chi connectivity index (χ2v) is 9.53. The minimum absolute atomic E-state index is 0.252. The molecule has 0 bridgehead atoms. The molecule has 0 fully saturated rings. The van der Waals surface area contributed by atoms with E-state index in [0.717, 1.165) is 0 Å². The number of hydrogen-bond acceptors (Lipinski definition) is 2. The quantitative estimate of drug-likeness (QED) is 0.574. The highest BCUT2D eigenvalue weighted by molar-refractivity contribution is 8.11. The van der Waals surface area contributed by atoms with Crippen LogP contribution in [0.15, 0.2) is 0 Å². The minimum atomic E-state index is -3.70. The van der Waals surface area contributed by atoms with E-state index in [-0.39, 0.29) is 6.42 Å². The monoisotopic (exact) mass is 287 g/mol. The summed E-state index contributed by atoms with van der Waals surface area (Å²) in [7, 11) is 0. The molecule has 0 N–H and O–H groups in total. The van der Waals surface area contributed by atoms with E-state index in [1.54, 1.807) is 6.07 Å². The molecule has 70 valence electrons. The van der Waals surface area contributed by atoms with Crippen LogP contribution in [0, 0.1) is 11.3 Å². The van der Waals surface area contributed by atoms with E-state index < -0.39 is 15.3 Å². The van der Waals surface area contributed by atoms with Gasteiger partial charge in [0, 0.05) is 6.42 Å². The van der Waals surface area contributed by atoms with Crippen LogP contribution in [-0.2, 0) is 4.57 Å². The summed E-state index contributed by atoms with van der Waals surface area (Å²) in [6, 6.07) is 1.65. The minimum Gasteiger partial charge on any atom is -0.286 e. The third-order valence-corrected chi connectivity index (χ3v) is 6.65. The van der Waals surface area contributed by atoms with Crippen LogP contribution in [0.2, 0.25) is 0 Å². The Balaban J connectivity index is 4.46. The summed E-state index contributed by atoms with van der Waals surface area (Å²) >= 11 is 26.8. The summed E-state index contributed by atoms with van der Waals surface area (Å²) in [6.07, 6.45) is -0.252. The van der Waals surface area contributed by atoms with Gasteiger partial charge in [0.25, 0.3) is 5.85 Å². The van der Waals surface area contributed by atoms with Crippen molar-refractivity contribution in [3.8, 4) is 6.07 Å². The fourth-order valence-electron chi connectivity index (χ4n) is 0.368. The van der Waals surface area contributed by atoms with Gasteiger partial charge in [-0.2, -0.15) is 5.26 Å². The van der Waals surface area contributed by atoms with E-state index in [4.69, 9.17) is 62.5 Å². The van der Waals surface area contributed by atoms with E-state index in [2.05, 4.69) is 0 Å². The Labute approximate surface area is 94.6 Å². The van der Waals surface area contributed by atoms with E-state index in [9.17, 15) is 4.57 Å². The molecule has 0 aromatic carbocycles. The van der Waals surface area contributed by atoms with Gasteiger partial charge >= 0.3 is 0 Å². The maximum atomic E-state index is 11.0. The van der Waals surface area contributed by atoms with Crippen LogP contribution < -0.4 is 0 Å². The van der Waals surface area contributed by atoms with Crippen molar-refractivity contribution in [1.82, 2.24) is 0 Å². The lowest BCUT2D eigenvalue weighted by Crippen LogP contribution is -2.14. The molecule has 0 saturated carbocycles. The zero-order valence-corrected chi connectivity index (χ0v) is 10.2. The van der Waals surface area contributed by atoms with Gasteiger partial charge in [0.15, 0.2) is 4.07 Å². The Hall–Kier alpha value is 1.17. The molecule has 12 heavy (non-hydrogen) atoms. The van der Waals surface area contributed by atoms with E-state index >= 15 is 0 Å². The van der Waals surface area contributed by atoms with Gasteiger partial charge in [-0.3, -0.25) is 4.57 Å². The van der Waals surface area contributed by atoms with Crippen molar-refractivity contribution in [2.75, 3.05) is 0 Å². The smallest absolute Gasteiger partial charge is 0.286 e. The Morgan fingerprint density at radius 2 is 1.92 bits per heavy atom. The summed E-state index contributed by atoms with van der Waals surface area (Å²) in [6.45, 7) is 0. The maximum absolute atomic E-state index is 11.0. The third-order valence-electron chi connectivity index (χ3n) is 0.946. The van der Waals surface area contributed by atoms with E-state index in [0.29, 0.717) is 0 Å². The molecule has 0 radical (unpaired) electrons. The number of halogens is 5. The lowest BCUT2D eigenvalue weighted by atomic mass is 10.3. The van der Waals surface area contributed by atoms with Gasteiger partial charge in [-0.15, -0.1) is 11.6 Å². The standard InChI is InChI=1S/C4H3Cl5NOP/c5-3(2-10)1-4(6,7)12(8,9)11/h3H,1H2. The van der Waals surface area contributed by atoms with Gasteiger partial charge in [0.2, 0.25) is 0 Å². The van der Waals surface area contributed by atoms with Gasteiger partial charge in [-0.25, -0.2) is 0 Å². The van der Waals surface area contributed by atoms with Gasteiger partial charge in [0.1, 0.15) is 5.38 Å². The number of alkyl halides is 3. The van der Waals surface area contributed by atoms with Crippen molar-refractivity contribution in [2.45, 2.75) is 15.9 Å². The van der Waals surface area contributed by atoms with E-state index in [1.807, 2.05) is 0 Å². The Bertz CT molecular complexity index is 242. The Morgan fingerprint density at radius 1 is 1.50 bits per heavy atom. The predicted octanol–water partition coefficient (Wildman–Crippen LogP) is 4.31. The van der Waals surface area contributed by atoms with Crippen molar-refractivity contribution in [3.05, 3.63) is 0 Å². The van der Waals surface area contributed by atoms with Crippen LogP contribution in [0.5, 0.6) is 0 Å². The molecule has 0 spiro atoms. The first-order chi connectivity index (χ1) is 5.20. The molecule has 0 aliphatic rings. The largest absolute Gasteiger partial charge is 0.287 e. The van der Waals surface area contributed by atoms with E-state index in [1.165, 1.54) is 0 Å². The first-order valence-corrected chi connectivity index (χ1v) is 7.32. The molecule has 0 aromatic heterocycles. The van der Waals surface area contributed by atoms with Crippen LogP contribution in [-0.4, -0.2) is 9.45 Å². The van der Waals surface area contributed by atoms with Gasteiger partial charge in [-0.1, -0.05) is 23.2 Å². The average molecular weight is 289 g/mol. The molecule has 2 nitrogen and oxygen atoms in total. The van der Waals surface area contributed by atoms with Crippen molar-refractivity contribution in [1.29, 1.82) is 5.26 Å². The Morgan fingerprint density at radius 3 is 2.17 bits per heavy atom. The molecule has 0 saturated heterocycles. The number of nitriles is 1. The number of nitrogens with zero attached hydrogens (tertiary/aromatic N) is 1. The van der Waals surface area contributed by atoms with Crippen LogP contribution in [0.25, 0.3) is 0 Å². The molecule has 0 aliphatic carbocycles. The summed E-state index contributed by atoms with van der Waals surface area (Å²) in [4.78, 5) is 0. The van der Waals surface area contributed by atoms with Crippen molar-refractivity contribution in [3.63, 3.8) is 0 Å². The van der Waals surface area contributed by atoms with Crippen LogP contribution in [0.3, 0.4) is 0 Å². The molecule has 0 aliphatic heterocycles. The average Bonchev–Trinajstić information content (AvgIpc) is 1.84. The highest BCUT2D eigenvalue weighted by atomic mass is 35.9. The number of hydrogen-bond donors (Lipinski definition) is 0. The lowest BCUT2D eigenvalue weighted by Gasteiger charge is -2.19. The van der Waals surface area contributed by atoms with Crippen molar-refractivity contribution < 1.29 is 4.57 Å². The van der Waals surface area contributed by atoms with Crippen LogP contribution >= 0.6 is 63.1 Å². The highest BCUT2D eigenvalue weighted by Crippen LogP contribution is 2.72. The van der Waals surface area contributed by atoms with Gasteiger partial charge in [-0.05, 0) is 22.5 Å². The van der Waals surface area contributed by atoms with Gasteiger partial charge in [0.05, 0.1) is 6.07 Å². The van der Waals surface area contributed by atoms with Gasteiger partial charge < -0.3 is 0 Å². The molecular weight excluding hydrogens is 286 g/mol. The molecule has 1 atom stereocenters. The van der Waals surface area contributed by atoms with Crippen LogP contribution in [0.4, 0.5) is 0 Å². The second-order valence-electron chi connectivity index (χ2n) is 1.93. The van der Waals surface area contributed by atoms with Crippen molar-refractivity contribution in [2.24, 2.45) is 0 Å². The fourth-order valence-corrected chi connectivity index (χ4v) is 1.98. The van der Waals surface area contributed by atoms with Crippen molar-refractivity contribution >= 4 is 63.1 Å². The highest BCUT2D eigenvalue weighted by Gasteiger charge is 2.44. The normalized spacial score (nSPS) is 15.3. The SMILES string of the molecule is N#CC(Cl)CC(Cl)(Cl)P(=O)(Cl)Cl. The zero-order valence-electron chi connectivity index (χ0n) is 5.48. The number of rotatable bonds is 3. The van der Waals surface area contributed by atoms with Crippen LogP contribution in [0.1, 0.15) is 6.42 Å². The molecule has 0 rings (SSSR count).